The number of ether oxygens (including phenoxy) is 1. The normalized spacial score (nSPS) is 29.4. The van der Waals surface area contributed by atoms with E-state index in [9.17, 15) is 19.5 Å². The first-order valence-corrected chi connectivity index (χ1v) is 15.0. The first-order valence-electron chi connectivity index (χ1n) is 15.0. The topological polar surface area (TPSA) is 108 Å². The standard InChI is InChI=1S/C34H45N3O5/c1-31(2,3)21-32(4,5)36-29(40)27-34-18-17-33(6,42-34)25(28(39)35-19-22-13-9-7-10-14-22)26(34)30(41)37(27)24(20-38)23-15-11-8-12-16-23/h7-16,24-27,38H,17-21H2,1-6H3,(H,35,39)(H,36,40)/t24-,25-,26+,27?,33+,34?/m1/s1. The second-order valence-corrected chi connectivity index (χ2v) is 14.4. The summed E-state index contributed by atoms with van der Waals surface area (Å²) in [5.41, 5.74) is -0.983. The van der Waals surface area contributed by atoms with Crippen LogP contribution in [0.1, 0.15) is 78.0 Å². The van der Waals surface area contributed by atoms with Crippen LogP contribution < -0.4 is 10.6 Å². The van der Waals surface area contributed by atoms with Gasteiger partial charge >= 0.3 is 0 Å². The number of benzene rings is 2. The first-order chi connectivity index (χ1) is 19.7. The molecule has 3 N–H and O–H groups in total. The summed E-state index contributed by atoms with van der Waals surface area (Å²) in [6.45, 7) is 12.2. The minimum Gasteiger partial charge on any atom is -0.394 e. The minimum absolute atomic E-state index is 0.0435. The Morgan fingerprint density at radius 1 is 1.00 bits per heavy atom. The predicted octanol–water partition coefficient (Wildman–Crippen LogP) is 4.13. The zero-order chi connectivity index (χ0) is 30.5. The van der Waals surface area contributed by atoms with Gasteiger partial charge in [0.05, 0.1) is 30.1 Å². The lowest BCUT2D eigenvalue weighted by atomic mass is 9.66. The highest BCUT2D eigenvalue weighted by atomic mass is 16.5. The Morgan fingerprint density at radius 3 is 2.21 bits per heavy atom. The van der Waals surface area contributed by atoms with Crippen molar-refractivity contribution in [2.24, 2.45) is 17.3 Å². The third kappa shape index (κ3) is 5.35. The van der Waals surface area contributed by atoms with Crippen molar-refractivity contribution in [1.29, 1.82) is 0 Å². The molecule has 2 unspecified atom stereocenters. The number of carbonyl (C=O) groups is 3. The maximum Gasteiger partial charge on any atom is 0.246 e. The lowest BCUT2D eigenvalue weighted by Crippen LogP contribution is -2.60. The zero-order valence-electron chi connectivity index (χ0n) is 25.6. The van der Waals surface area contributed by atoms with E-state index in [1.54, 1.807) is 0 Å². The van der Waals surface area contributed by atoms with Gasteiger partial charge in [0.1, 0.15) is 11.6 Å². The van der Waals surface area contributed by atoms with Crippen LogP contribution >= 0.6 is 0 Å². The number of carbonyl (C=O) groups excluding carboxylic acids is 3. The van der Waals surface area contributed by atoms with E-state index >= 15 is 0 Å². The molecule has 2 aromatic carbocycles. The summed E-state index contributed by atoms with van der Waals surface area (Å²) in [7, 11) is 0. The summed E-state index contributed by atoms with van der Waals surface area (Å²) < 4.78 is 6.77. The smallest absolute Gasteiger partial charge is 0.246 e. The number of nitrogens with one attached hydrogen (secondary N) is 2. The largest absolute Gasteiger partial charge is 0.394 e. The lowest BCUT2D eigenvalue weighted by Gasteiger charge is -2.40. The van der Waals surface area contributed by atoms with Gasteiger partial charge in [-0.25, -0.2) is 0 Å². The number of hydrogen-bond donors (Lipinski definition) is 3. The second-order valence-electron chi connectivity index (χ2n) is 14.4. The molecule has 8 nitrogen and oxygen atoms in total. The molecule has 1 spiro atoms. The average Bonchev–Trinajstić information content (AvgIpc) is 3.48. The molecule has 226 valence electrons. The van der Waals surface area contributed by atoms with Gasteiger partial charge in [0.2, 0.25) is 17.7 Å². The lowest BCUT2D eigenvalue weighted by molar-refractivity contribution is -0.150. The summed E-state index contributed by atoms with van der Waals surface area (Å²) in [5, 5.41) is 16.9. The molecule has 0 aromatic heterocycles. The molecule has 42 heavy (non-hydrogen) atoms. The SMILES string of the molecule is CC(C)(C)CC(C)(C)NC(=O)C1N([C@H](CO)c2ccccc2)C(=O)[C@@H]2[C@H](C(=O)NCc3ccccc3)[C@]3(C)CCC12O3. The highest BCUT2D eigenvalue weighted by Gasteiger charge is 2.78. The van der Waals surface area contributed by atoms with Crippen molar-refractivity contribution < 1.29 is 24.2 Å². The van der Waals surface area contributed by atoms with Crippen LogP contribution in [0, 0.1) is 17.3 Å². The summed E-state index contributed by atoms with van der Waals surface area (Å²) in [6, 6.07) is 17.1. The van der Waals surface area contributed by atoms with E-state index in [0.29, 0.717) is 25.8 Å². The molecule has 0 radical (unpaired) electrons. The molecule has 3 aliphatic rings. The molecule has 2 bridgehead atoms. The van der Waals surface area contributed by atoms with Crippen LogP contribution in [0.3, 0.4) is 0 Å². The van der Waals surface area contributed by atoms with Gasteiger partial charge in [-0.3, -0.25) is 14.4 Å². The van der Waals surface area contributed by atoms with Crippen molar-refractivity contribution in [3.63, 3.8) is 0 Å². The molecule has 3 saturated heterocycles. The first kappa shape index (κ1) is 30.2. The van der Waals surface area contributed by atoms with Crippen LogP contribution in [0.25, 0.3) is 0 Å². The number of likely N-dealkylation sites (tertiary alicyclic amines) is 1. The summed E-state index contributed by atoms with van der Waals surface area (Å²) in [5.74, 6) is -2.50. The average molecular weight is 576 g/mol. The Balaban J connectivity index is 1.53. The summed E-state index contributed by atoms with van der Waals surface area (Å²) >= 11 is 0. The monoisotopic (exact) mass is 575 g/mol. The van der Waals surface area contributed by atoms with Gasteiger partial charge in [0.25, 0.3) is 0 Å². The molecule has 3 aliphatic heterocycles. The van der Waals surface area contributed by atoms with E-state index in [2.05, 4.69) is 31.4 Å². The number of fused-ring (bicyclic) bond motifs is 1. The van der Waals surface area contributed by atoms with Gasteiger partial charge in [0, 0.05) is 12.1 Å². The quantitative estimate of drug-likeness (QED) is 0.417. The zero-order valence-corrected chi connectivity index (χ0v) is 25.6. The molecule has 8 heteroatoms. The van der Waals surface area contributed by atoms with Crippen LogP contribution in [0.4, 0.5) is 0 Å². The van der Waals surface area contributed by atoms with Gasteiger partial charge in [-0.2, -0.15) is 0 Å². The molecule has 2 aromatic rings. The molecule has 3 amide bonds. The molecule has 3 fully saturated rings. The van der Waals surface area contributed by atoms with Gasteiger partial charge in [-0.15, -0.1) is 0 Å². The number of hydrogen-bond acceptors (Lipinski definition) is 5. The molecule has 0 aliphatic carbocycles. The number of aliphatic hydroxyl groups excluding tert-OH is 1. The third-order valence-corrected chi connectivity index (χ3v) is 9.18. The highest BCUT2D eigenvalue weighted by molar-refractivity contribution is 5.99. The van der Waals surface area contributed by atoms with Crippen molar-refractivity contribution in [2.75, 3.05) is 6.61 Å². The molecule has 6 atom stereocenters. The van der Waals surface area contributed by atoms with Crippen molar-refractivity contribution in [3.8, 4) is 0 Å². The van der Waals surface area contributed by atoms with Crippen molar-refractivity contribution in [1.82, 2.24) is 15.5 Å². The fraction of sp³-hybridized carbons (Fsp3) is 0.559. The second kappa shape index (κ2) is 10.8. The fourth-order valence-corrected chi connectivity index (χ4v) is 8.10. The maximum absolute atomic E-state index is 14.6. The van der Waals surface area contributed by atoms with Gasteiger partial charge in [0.15, 0.2) is 0 Å². The Bertz CT molecular complexity index is 1320. The number of rotatable bonds is 9. The molecule has 3 heterocycles. The summed E-state index contributed by atoms with van der Waals surface area (Å²) in [6.07, 6.45) is 1.75. The van der Waals surface area contributed by atoms with Crippen LogP contribution in [-0.4, -0.2) is 57.1 Å². The van der Waals surface area contributed by atoms with Gasteiger partial charge in [-0.05, 0) is 56.6 Å². The van der Waals surface area contributed by atoms with Gasteiger partial charge < -0.3 is 25.4 Å². The van der Waals surface area contributed by atoms with Crippen molar-refractivity contribution >= 4 is 17.7 Å². The predicted molar refractivity (Wildman–Crippen MR) is 160 cm³/mol. The Kier molecular flexibility index (Phi) is 7.77. The fourth-order valence-electron chi connectivity index (χ4n) is 8.10. The van der Waals surface area contributed by atoms with Crippen LogP contribution in [0.5, 0.6) is 0 Å². The Hall–Kier alpha value is -3.23. The van der Waals surface area contributed by atoms with E-state index in [-0.39, 0.29) is 29.7 Å². The van der Waals surface area contributed by atoms with Crippen LogP contribution in [0.15, 0.2) is 60.7 Å². The molecule has 5 rings (SSSR count). The van der Waals surface area contributed by atoms with E-state index in [0.717, 1.165) is 11.1 Å². The molecular weight excluding hydrogens is 530 g/mol. The maximum atomic E-state index is 14.6. The van der Waals surface area contributed by atoms with Crippen molar-refractivity contribution in [3.05, 3.63) is 71.8 Å². The number of aliphatic hydroxyl groups is 1. The van der Waals surface area contributed by atoms with Crippen LogP contribution in [0.2, 0.25) is 0 Å². The van der Waals surface area contributed by atoms with Crippen molar-refractivity contribution in [2.45, 2.75) is 96.2 Å². The number of nitrogens with zero attached hydrogens (tertiary/aromatic N) is 1. The van der Waals surface area contributed by atoms with E-state index in [1.165, 1.54) is 4.90 Å². The minimum atomic E-state index is -1.18. The van der Waals surface area contributed by atoms with E-state index in [4.69, 9.17) is 4.74 Å². The summed E-state index contributed by atoms with van der Waals surface area (Å²) in [4.78, 5) is 44.3. The number of amides is 3. The van der Waals surface area contributed by atoms with E-state index < -0.39 is 40.7 Å². The Labute approximate surface area is 249 Å². The van der Waals surface area contributed by atoms with Crippen LogP contribution in [-0.2, 0) is 25.7 Å². The van der Waals surface area contributed by atoms with Gasteiger partial charge in [-0.1, -0.05) is 81.4 Å². The Morgan fingerprint density at radius 2 is 1.62 bits per heavy atom. The van der Waals surface area contributed by atoms with E-state index in [1.807, 2.05) is 81.4 Å². The molecule has 0 saturated carbocycles. The molecular formula is C34H45N3O5. The third-order valence-electron chi connectivity index (χ3n) is 9.18. The highest BCUT2D eigenvalue weighted by Crippen LogP contribution is 2.64.